The topological polar surface area (TPSA) is 79.8 Å². The van der Waals surface area contributed by atoms with Gasteiger partial charge in [0.2, 0.25) is 0 Å². The highest BCUT2D eigenvalue weighted by Gasteiger charge is 2.15. The molecule has 0 amide bonds. The normalized spacial score (nSPS) is 10.2. The zero-order chi connectivity index (χ0) is 14.8. The summed E-state index contributed by atoms with van der Waals surface area (Å²) in [5.74, 6) is 0. The van der Waals surface area contributed by atoms with Gasteiger partial charge in [0.1, 0.15) is 0 Å². The maximum atomic E-state index is 11.1. The van der Waals surface area contributed by atoms with Crippen molar-refractivity contribution in [2.45, 2.75) is 0 Å². The van der Waals surface area contributed by atoms with Crippen LogP contribution in [-0.4, -0.2) is 9.91 Å². The SMILES string of the molecule is N#Cc1cccc(-c2ccc([N+](=O)[O-])c3cnccc23)c1. The second kappa shape index (κ2) is 5.02. The smallest absolute Gasteiger partial charge is 0.264 e. The van der Waals surface area contributed by atoms with Crippen molar-refractivity contribution in [1.29, 1.82) is 5.26 Å². The van der Waals surface area contributed by atoms with Gasteiger partial charge in [0, 0.05) is 18.5 Å². The van der Waals surface area contributed by atoms with Crippen LogP contribution in [0.25, 0.3) is 21.9 Å². The fourth-order valence-corrected chi connectivity index (χ4v) is 2.34. The average Bonchev–Trinajstić information content (AvgIpc) is 2.53. The summed E-state index contributed by atoms with van der Waals surface area (Å²) in [5.41, 5.74) is 2.27. The third-order valence-electron chi connectivity index (χ3n) is 3.29. The number of benzene rings is 2. The molecule has 5 heteroatoms. The number of nitrogens with zero attached hydrogens (tertiary/aromatic N) is 3. The van der Waals surface area contributed by atoms with E-state index in [0.717, 1.165) is 16.5 Å². The first-order valence-electron chi connectivity index (χ1n) is 6.22. The molecule has 100 valence electrons. The maximum Gasteiger partial charge on any atom is 0.278 e. The zero-order valence-corrected chi connectivity index (χ0v) is 10.9. The second-order valence-electron chi connectivity index (χ2n) is 4.50. The van der Waals surface area contributed by atoms with Crippen LogP contribution in [-0.2, 0) is 0 Å². The first-order valence-corrected chi connectivity index (χ1v) is 6.22. The number of fused-ring (bicyclic) bond motifs is 1. The van der Waals surface area contributed by atoms with Gasteiger partial charge in [-0.15, -0.1) is 0 Å². The minimum absolute atomic E-state index is 0.0262. The molecule has 5 nitrogen and oxygen atoms in total. The number of rotatable bonds is 2. The molecule has 3 rings (SSSR count). The molecule has 0 aliphatic heterocycles. The Kier molecular flexibility index (Phi) is 3.05. The minimum atomic E-state index is -0.417. The number of aromatic nitrogens is 1. The van der Waals surface area contributed by atoms with E-state index in [4.69, 9.17) is 5.26 Å². The molecule has 0 saturated heterocycles. The van der Waals surface area contributed by atoms with Crippen molar-refractivity contribution in [3.8, 4) is 17.2 Å². The summed E-state index contributed by atoms with van der Waals surface area (Å²) in [4.78, 5) is 14.6. The van der Waals surface area contributed by atoms with Crippen molar-refractivity contribution in [2.24, 2.45) is 0 Å². The third-order valence-corrected chi connectivity index (χ3v) is 3.29. The summed E-state index contributed by atoms with van der Waals surface area (Å²) in [6.07, 6.45) is 3.09. The standard InChI is InChI=1S/C16H9N3O2/c17-9-11-2-1-3-12(8-11)13-4-5-16(19(20)21)15-10-18-7-6-14(13)15/h1-8,10H. The van der Waals surface area contributed by atoms with Crippen molar-refractivity contribution >= 4 is 16.5 Å². The van der Waals surface area contributed by atoms with Crippen LogP contribution in [0.1, 0.15) is 5.56 Å². The lowest BCUT2D eigenvalue weighted by atomic mass is 9.97. The van der Waals surface area contributed by atoms with Gasteiger partial charge in [-0.3, -0.25) is 15.1 Å². The fourth-order valence-electron chi connectivity index (χ4n) is 2.34. The Morgan fingerprint density at radius 2 is 2.00 bits per heavy atom. The van der Waals surface area contributed by atoms with Gasteiger partial charge < -0.3 is 0 Å². The lowest BCUT2D eigenvalue weighted by Crippen LogP contribution is -1.92. The first-order chi connectivity index (χ1) is 10.2. The van der Waals surface area contributed by atoms with E-state index in [0.29, 0.717) is 10.9 Å². The Morgan fingerprint density at radius 3 is 2.76 bits per heavy atom. The van der Waals surface area contributed by atoms with E-state index in [1.807, 2.05) is 6.07 Å². The second-order valence-corrected chi connectivity index (χ2v) is 4.50. The first kappa shape index (κ1) is 12.8. The number of pyridine rings is 1. The molecule has 0 aliphatic carbocycles. The van der Waals surface area contributed by atoms with Crippen LogP contribution in [0.3, 0.4) is 0 Å². The van der Waals surface area contributed by atoms with Crippen LogP contribution in [0.15, 0.2) is 54.9 Å². The minimum Gasteiger partial charge on any atom is -0.264 e. The molecule has 1 heterocycles. The molecule has 1 aromatic heterocycles. The van der Waals surface area contributed by atoms with Crippen LogP contribution < -0.4 is 0 Å². The summed E-state index contributed by atoms with van der Waals surface area (Å²) in [6.45, 7) is 0. The van der Waals surface area contributed by atoms with Crippen molar-refractivity contribution in [3.63, 3.8) is 0 Å². The van der Waals surface area contributed by atoms with Gasteiger partial charge in [0.25, 0.3) is 5.69 Å². The van der Waals surface area contributed by atoms with Crippen LogP contribution in [0.2, 0.25) is 0 Å². The van der Waals surface area contributed by atoms with E-state index in [1.165, 1.54) is 12.3 Å². The van der Waals surface area contributed by atoms with E-state index < -0.39 is 4.92 Å². The zero-order valence-electron chi connectivity index (χ0n) is 10.9. The summed E-state index contributed by atoms with van der Waals surface area (Å²) < 4.78 is 0. The highest BCUT2D eigenvalue weighted by Crippen LogP contribution is 2.33. The molecule has 0 aliphatic rings. The highest BCUT2D eigenvalue weighted by atomic mass is 16.6. The molecule has 0 spiro atoms. The van der Waals surface area contributed by atoms with Crippen molar-refractivity contribution in [1.82, 2.24) is 4.98 Å². The molecule has 3 aromatic rings. The Labute approximate surface area is 120 Å². The molecule has 21 heavy (non-hydrogen) atoms. The molecule has 2 aromatic carbocycles. The molecule has 0 unspecified atom stereocenters. The number of hydrogen-bond donors (Lipinski definition) is 0. The molecule has 0 saturated carbocycles. The quantitative estimate of drug-likeness (QED) is 0.527. The molecular weight excluding hydrogens is 266 g/mol. The summed E-state index contributed by atoms with van der Waals surface area (Å²) >= 11 is 0. The molecule has 0 N–H and O–H groups in total. The third kappa shape index (κ3) is 2.19. The lowest BCUT2D eigenvalue weighted by Gasteiger charge is -2.07. The van der Waals surface area contributed by atoms with Gasteiger partial charge >= 0.3 is 0 Å². The summed E-state index contributed by atoms with van der Waals surface area (Å²) in [7, 11) is 0. The molecule has 0 atom stereocenters. The van der Waals surface area contributed by atoms with E-state index in [-0.39, 0.29) is 5.69 Å². The van der Waals surface area contributed by atoms with Crippen LogP contribution >= 0.6 is 0 Å². The molecule has 0 fully saturated rings. The van der Waals surface area contributed by atoms with Gasteiger partial charge in [-0.2, -0.15) is 5.26 Å². The van der Waals surface area contributed by atoms with Gasteiger partial charge in [0.15, 0.2) is 0 Å². The lowest BCUT2D eigenvalue weighted by molar-refractivity contribution is -0.383. The van der Waals surface area contributed by atoms with E-state index >= 15 is 0 Å². The van der Waals surface area contributed by atoms with Gasteiger partial charge in [-0.05, 0) is 40.8 Å². The van der Waals surface area contributed by atoms with E-state index in [2.05, 4.69) is 11.1 Å². The number of hydrogen-bond acceptors (Lipinski definition) is 4. The Morgan fingerprint density at radius 1 is 1.14 bits per heavy atom. The maximum absolute atomic E-state index is 11.1. The Hall–Kier alpha value is -3.26. The largest absolute Gasteiger partial charge is 0.278 e. The van der Waals surface area contributed by atoms with E-state index in [9.17, 15) is 10.1 Å². The van der Waals surface area contributed by atoms with Crippen molar-refractivity contribution < 1.29 is 4.92 Å². The monoisotopic (exact) mass is 275 g/mol. The fraction of sp³-hybridized carbons (Fsp3) is 0. The molecule has 0 bridgehead atoms. The molecular formula is C16H9N3O2. The van der Waals surface area contributed by atoms with Gasteiger partial charge in [-0.1, -0.05) is 12.1 Å². The van der Waals surface area contributed by atoms with Gasteiger partial charge in [-0.25, -0.2) is 0 Å². The number of non-ortho nitro benzene ring substituents is 1. The Bertz CT molecular complexity index is 897. The number of nitriles is 1. The number of nitro groups is 1. The van der Waals surface area contributed by atoms with Crippen LogP contribution in [0.5, 0.6) is 0 Å². The van der Waals surface area contributed by atoms with Crippen molar-refractivity contribution in [2.75, 3.05) is 0 Å². The Balaban J connectivity index is 2.32. The van der Waals surface area contributed by atoms with Crippen molar-refractivity contribution in [3.05, 3.63) is 70.5 Å². The highest BCUT2D eigenvalue weighted by molar-refractivity contribution is 6.01. The molecule has 0 radical (unpaired) electrons. The van der Waals surface area contributed by atoms with Gasteiger partial charge in [0.05, 0.1) is 21.9 Å². The van der Waals surface area contributed by atoms with Crippen LogP contribution in [0.4, 0.5) is 5.69 Å². The summed E-state index contributed by atoms with van der Waals surface area (Å²) in [6, 6.07) is 14.2. The predicted octanol–water partition coefficient (Wildman–Crippen LogP) is 3.68. The summed E-state index contributed by atoms with van der Waals surface area (Å²) in [5, 5.41) is 21.3. The predicted molar refractivity (Wildman–Crippen MR) is 78.5 cm³/mol. The number of nitro benzene ring substituents is 1. The van der Waals surface area contributed by atoms with Crippen LogP contribution in [0, 0.1) is 21.4 Å². The van der Waals surface area contributed by atoms with E-state index in [1.54, 1.807) is 36.5 Å². The average molecular weight is 275 g/mol.